The number of nitrogens with one attached hydrogen (secondary N) is 1. The Kier molecular flexibility index (Phi) is 4.55. The van der Waals surface area contributed by atoms with Gasteiger partial charge in [0.25, 0.3) is 5.91 Å². The summed E-state index contributed by atoms with van der Waals surface area (Å²) in [6, 6.07) is 2.47. The maximum Gasteiger partial charge on any atom is 0.255 e. The third-order valence-corrected chi connectivity index (χ3v) is 6.82. The van der Waals surface area contributed by atoms with Crippen molar-refractivity contribution in [1.82, 2.24) is 5.32 Å². The van der Waals surface area contributed by atoms with E-state index in [-0.39, 0.29) is 11.1 Å². The van der Waals surface area contributed by atoms with Crippen LogP contribution in [0.2, 0.25) is 0 Å². The lowest BCUT2D eigenvalue weighted by atomic mass is 9.54. The molecule has 0 spiro atoms. The molecule has 0 fully saturated rings. The van der Waals surface area contributed by atoms with Gasteiger partial charge in [-0.25, -0.2) is 0 Å². The number of fused-ring (bicyclic) bond motifs is 3. The number of rotatable bonds is 2. The van der Waals surface area contributed by atoms with Crippen LogP contribution in [-0.2, 0) is 15.2 Å². The summed E-state index contributed by atoms with van der Waals surface area (Å²) in [6.45, 7) is 1.24. The molecule has 32 heavy (non-hydrogen) atoms. The molecule has 3 aliphatic rings. The molecule has 4 unspecified atom stereocenters. The fraction of sp³-hybridized carbons (Fsp3) is 0.381. The quantitative estimate of drug-likeness (QED) is 0.244. The van der Waals surface area contributed by atoms with Gasteiger partial charge in [-0.05, 0) is 25.6 Å². The Balaban J connectivity index is 2.09. The van der Waals surface area contributed by atoms with Crippen LogP contribution in [0.1, 0.15) is 22.8 Å². The van der Waals surface area contributed by atoms with Gasteiger partial charge in [0.05, 0.1) is 40.7 Å². The van der Waals surface area contributed by atoms with Crippen molar-refractivity contribution in [1.29, 1.82) is 0 Å². The van der Waals surface area contributed by atoms with Crippen LogP contribution >= 0.6 is 0 Å². The summed E-state index contributed by atoms with van der Waals surface area (Å²) in [4.78, 5) is 38.2. The highest BCUT2D eigenvalue weighted by Crippen LogP contribution is 2.56. The van der Waals surface area contributed by atoms with E-state index in [4.69, 9.17) is 5.73 Å². The van der Waals surface area contributed by atoms with Crippen molar-refractivity contribution in [3.05, 3.63) is 52.0 Å². The van der Waals surface area contributed by atoms with Crippen molar-refractivity contribution in [2.24, 2.45) is 17.6 Å². The number of benzene rings is 1. The first-order chi connectivity index (χ1) is 14.8. The molecule has 11 nitrogen and oxygen atoms in total. The van der Waals surface area contributed by atoms with Crippen LogP contribution in [0.4, 0.5) is 0 Å². The van der Waals surface area contributed by atoms with Crippen LogP contribution in [0.15, 0.2) is 40.9 Å². The molecular weight excluding hydrogens is 424 g/mol. The zero-order valence-corrected chi connectivity index (χ0v) is 17.0. The number of likely N-dealkylation sites (N-methyl/N-ethyl adjacent to an activating group) is 1. The number of phenolic OH excluding ortho intramolecular Hbond substituents is 1. The number of Topliss-reactive ketones (excluding diaryl/α,β-unsaturated/α-hetero) is 2. The normalized spacial score (nSPS) is 36.5. The number of aromatic hydroxyl groups is 1. The van der Waals surface area contributed by atoms with E-state index in [2.05, 4.69) is 5.32 Å². The Bertz CT molecular complexity index is 1150. The number of carbonyl (C=O) groups excluding carboxylic acids is 3. The van der Waals surface area contributed by atoms with Gasteiger partial charge in [0.2, 0.25) is 5.78 Å². The number of hydrogen-bond acceptors (Lipinski definition) is 10. The van der Waals surface area contributed by atoms with Gasteiger partial charge in [-0.1, -0.05) is 12.1 Å². The molecule has 0 saturated carbocycles. The van der Waals surface area contributed by atoms with Crippen molar-refractivity contribution in [3.63, 3.8) is 0 Å². The predicted octanol–water partition coefficient (Wildman–Crippen LogP) is -1.59. The van der Waals surface area contributed by atoms with Crippen molar-refractivity contribution in [3.8, 4) is 5.75 Å². The Hall–Kier alpha value is -3.25. The second kappa shape index (κ2) is 6.62. The molecule has 1 amide bonds. The number of aliphatic hydroxyl groups is 5. The predicted molar refractivity (Wildman–Crippen MR) is 106 cm³/mol. The number of hydrogen-bond donors (Lipinski definition) is 8. The molecule has 11 heteroatoms. The number of amides is 1. The van der Waals surface area contributed by atoms with Gasteiger partial charge in [-0.15, -0.1) is 0 Å². The highest BCUT2D eigenvalue weighted by Gasteiger charge is 2.68. The maximum absolute atomic E-state index is 13.3. The molecule has 0 bridgehead atoms. The summed E-state index contributed by atoms with van der Waals surface area (Å²) < 4.78 is 0. The molecule has 4 rings (SSSR count). The van der Waals surface area contributed by atoms with Gasteiger partial charge in [-0.2, -0.15) is 0 Å². The van der Waals surface area contributed by atoms with Gasteiger partial charge < -0.3 is 41.7 Å². The first-order valence-electron chi connectivity index (χ1n) is 9.71. The largest absolute Gasteiger partial charge is 0.510 e. The summed E-state index contributed by atoms with van der Waals surface area (Å²) in [5.74, 6) is -9.75. The molecule has 0 radical (unpaired) electrons. The molecule has 1 aromatic rings. The van der Waals surface area contributed by atoms with Crippen molar-refractivity contribution in [2.45, 2.75) is 30.3 Å². The van der Waals surface area contributed by atoms with Crippen LogP contribution in [0, 0.1) is 11.8 Å². The van der Waals surface area contributed by atoms with E-state index >= 15 is 0 Å². The molecule has 0 aromatic heterocycles. The molecule has 0 heterocycles. The Morgan fingerprint density at radius 3 is 2.34 bits per heavy atom. The van der Waals surface area contributed by atoms with Gasteiger partial charge in [0, 0.05) is 0 Å². The van der Waals surface area contributed by atoms with Crippen LogP contribution in [0.5, 0.6) is 5.75 Å². The van der Waals surface area contributed by atoms with Crippen molar-refractivity contribution >= 4 is 17.5 Å². The molecule has 3 aliphatic carbocycles. The van der Waals surface area contributed by atoms with Crippen LogP contribution in [0.25, 0.3) is 0 Å². The Morgan fingerprint density at radius 1 is 1.16 bits per heavy atom. The monoisotopic (exact) mass is 446 g/mol. The molecule has 1 aromatic carbocycles. The van der Waals surface area contributed by atoms with E-state index in [1.807, 2.05) is 0 Å². The number of primary amides is 1. The van der Waals surface area contributed by atoms with E-state index in [0.29, 0.717) is 0 Å². The number of aliphatic hydroxyl groups excluding tert-OH is 3. The Morgan fingerprint density at radius 2 is 1.78 bits per heavy atom. The lowest BCUT2D eigenvalue weighted by molar-refractivity contribution is -0.168. The first-order valence-corrected chi connectivity index (χ1v) is 9.71. The minimum Gasteiger partial charge on any atom is -0.510 e. The molecule has 0 aliphatic heterocycles. The third kappa shape index (κ3) is 2.36. The van der Waals surface area contributed by atoms with Gasteiger partial charge >= 0.3 is 0 Å². The van der Waals surface area contributed by atoms with E-state index < -0.39 is 81.1 Å². The van der Waals surface area contributed by atoms with Crippen molar-refractivity contribution < 1.29 is 45.0 Å². The zero-order valence-electron chi connectivity index (χ0n) is 17.0. The van der Waals surface area contributed by atoms with Gasteiger partial charge in [-0.3, -0.25) is 14.4 Å². The summed E-state index contributed by atoms with van der Waals surface area (Å²) in [6.07, 6.45) is -1.88. The summed E-state index contributed by atoms with van der Waals surface area (Å²) in [5, 5.41) is 68.4. The maximum atomic E-state index is 13.3. The zero-order chi connectivity index (χ0) is 23.9. The van der Waals surface area contributed by atoms with E-state index in [1.165, 1.54) is 32.2 Å². The Labute approximate surface area is 181 Å². The summed E-state index contributed by atoms with van der Waals surface area (Å²) in [7, 11) is 1.30. The van der Waals surface area contributed by atoms with Crippen LogP contribution in [0.3, 0.4) is 0 Å². The topological polar surface area (TPSA) is 211 Å². The average molecular weight is 446 g/mol. The SMILES string of the molecule is CN[C@@H]1C(O)=C(C(N)=O)C(=O)[C@@]2(O)C(O)=C3C(=O)c4c(O)cccc4C(C)(O)C3C(O)C12. The smallest absolute Gasteiger partial charge is 0.255 e. The van der Waals surface area contributed by atoms with Gasteiger partial charge in [0.15, 0.2) is 11.4 Å². The number of ketones is 2. The molecular formula is C21H22N2O9. The highest BCUT2D eigenvalue weighted by molar-refractivity contribution is 6.25. The van der Waals surface area contributed by atoms with Crippen molar-refractivity contribution in [2.75, 3.05) is 7.05 Å². The molecule has 6 atom stereocenters. The van der Waals surface area contributed by atoms with E-state index in [1.54, 1.807) is 0 Å². The number of phenols is 1. The number of carbonyl (C=O) groups is 3. The van der Waals surface area contributed by atoms with E-state index in [0.717, 1.165) is 0 Å². The second-order valence-corrected chi connectivity index (χ2v) is 8.42. The lowest BCUT2D eigenvalue weighted by Gasteiger charge is -2.54. The molecule has 0 saturated heterocycles. The fourth-order valence-corrected chi connectivity index (χ4v) is 5.38. The number of nitrogens with two attached hydrogens (primary N) is 1. The lowest BCUT2D eigenvalue weighted by Crippen LogP contribution is -2.69. The molecule has 9 N–H and O–H groups in total. The van der Waals surface area contributed by atoms with Gasteiger partial charge in [0.1, 0.15) is 22.8 Å². The standard InChI is InChI=1S/C21H22N2O9/c1-20(31)6-4-3-5-7(24)8(6)14(25)9-11(20)16(27)12-13(23-2)15(26)10(19(22)30)18(29)21(12,32)17(9)28/h3-5,11-13,16,23-24,26-28,31-32H,1-2H3,(H2,22,30)/t11?,12?,13-,16?,20?,21-/m0/s1. The summed E-state index contributed by atoms with van der Waals surface area (Å²) >= 11 is 0. The van der Waals surface area contributed by atoms with Crippen LogP contribution < -0.4 is 11.1 Å². The minimum absolute atomic E-state index is 0.0331. The average Bonchev–Trinajstić information content (AvgIpc) is 2.70. The minimum atomic E-state index is -3.02. The summed E-state index contributed by atoms with van der Waals surface area (Å²) in [5.41, 5.74) is -1.97. The van der Waals surface area contributed by atoms with Crippen LogP contribution in [-0.4, -0.2) is 72.9 Å². The third-order valence-electron chi connectivity index (χ3n) is 6.82. The molecule has 170 valence electrons. The van der Waals surface area contributed by atoms with E-state index in [9.17, 15) is 45.0 Å². The highest BCUT2D eigenvalue weighted by atomic mass is 16.4. The first kappa shape index (κ1) is 22.0. The second-order valence-electron chi connectivity index (χ2n) is 8.42. The fourth-order valence-electron chi connectivity index (χ4n) is 5.38.